The molecule has 0 unspecified atom stereocenters. The summed E-state index contributed by atoms with van der Waals surface area (Å²) in [6.45, 7) is 0.906. The van der Waals surface area contributed by atoms with Crippen LogP contribution in [0.2, 0.25) is 0 Å². The highest BCUT2D eigenvalue weighted by Crippen LogP contribution is 2.24. The van der Waals surface area contributed by atoms with Crippen LogP contribution in [0.3, 0.4) is 0 Å². The fraction of sp³-hybridized carbons (Fsp3) is 0.105. The molecule has 0 aromatic heterocycles. The lowest BCUT2D eigenvalue weighted by molar-refractivity contribution is 0.0947. The lowest BCUT2D eigenvalue weighted by Gasteiger charge is -2.10. The molecule has 3 nitrogen and oxygen atoms in total. The SMILES string of the molecule is O=C(NCCOc1cccc2ccccc12)c1ccccc1. The standard InChI is InChI=1S/C19H17NO2/c21-19(16-8-2-1-3-9-16)20-13-14-22-18-12-6-10-15-7-4-5-11-17(15)18/h1-12H,13-14H2,(H,20,21). The van der Waals surface area contributed by atoms with Crippen molar-refractivity contribution in [1.82, 2.24) is 5.32 Å². The number of fused-ring (bicyclic) bond motifs is 1. The fourth-order valence-corrected chi connectivity index (χ4v) is 2.34. The molecule has 0 bridgehead atoms. The molecule has 0 aliphatic heterocycles. The minimum absolute atomic E-state index is 0.0814. The first-order chi connectivity index (χ1) is 10.8. The van der Waals surface area contributed by atoms with Crippen LogP contribution in [0.15, 0.2) is 72.8 Å². The topological polar surface area (TPSA) is 38.3 Å². The van der Waals surface area contributed by atoms with E-state index in [1.54, 1.807) is 12.1 Å². The van der Waals surface area contributed by atoms with Crippen LogP contribution in [0.4, 0.5) is 0 Å². The van der Waals surface area contributed by atoms with Crippen molar-refractivity contribution in [3.8, 4) is 5.75 Å². The van der Waals surface area contributed by atoms with Crippen molar-refractivity contribution in [3.63, 3.8) is 0 Å². The number of amides is 1. The Bertz CT molecular complexity index is 763. The molecule has 3 rings (SSSR count). The van der Waals surface area contributed by atoms with Crippen molar-refractivity contribution < 1.29 is 9.53 Å². The molecule has 3 aromatic carbocycles. The Labute approximate surface area is 129 Å². The first kappa shape index (κ1) is 14.1. The van der Waals surface area contributed by atoms with Gasteiger partial charge in [-0.3, -0.25) is 4.79 Å². The van der Waals surface area contributed by atoms with E-state index in [2.05, 4.69) is 17.4 Å². The van der Waals surface area contributed by atoms with Gasteiger partial charge < -0.3 is 10.1 Å². The largest absolute Gasteiger partial charge is 0.491 e. The number of hydrogen-bond donors (Lipinski definition) is 1. The Hall–Kier alpha value is -2.81. The van der Waals surface area contributed by atoms with Gasteiger partial charge in [-0.1, -0.05) is 54.6 Å². The molecule has 0 saturated heterocycles. The maximum Gasteiger partial charge on any atom is 0.251 e. The van der Waals surface area contributed by atoms with Crippen molar-refractivity contribution >= 4 is 16.7 Å². The van der Waals surface area contributed by atoms with Gasteiger partial charge >= 0.3 is 0 Å². The molecule has 0 saturated carbocycles. The summed E-state index contributed by atoms with van der Waals surface area (Å²) in [6, 6.07) is 23.2. The first-order valence-electron chi connectivity index (χ1n) is 7.28. The zero-order valence-electron chi connectivity index (χ0n) is 12.2. The Morgan fingerprint density at radius 3 is 2.45 bits per heavy atom. The van der Waals surface area contributed by atoms with Gasteiger partial charge in [0.15, 0.2) is 0 Å². The number of nitrogens with one attached hydrogen (secondary N) is 1. The summed E-state index contributed by atoms with van der Waals surface area (Å²) in [5, 5.41) is 5.08. The van der Waals surface area contributed by atoms with E-state index in [9.17, 15) is 4.79 Å². The van der Waals surface area contributed by atoms with Gasteiger partial charge in [0, 0.05) is 10.9 Å². The molecule has 0 spiro atoms. The van der Waals surface area contributed by atoms with Crippen molar-refractivity contribution in [2.75, 3.05) is 13.2 Å². The van der Waals surface area contributed by atoms with Gasteiger partial charge in [0.25, 0.3) is 5.91 Å². The summed E-state index contributed by atoms with van der Waals surface area (Å²) >= 11 is 0. The zero-order chi connectivity index (χ0) is 15.2. The number of benzene rings is 3. The predicted octanol–water partition coefficient (Wildman–Crippen LogP) is 3.65. The number of rotatable bonds is 5. The molecule has 110 valence electrons. The maximum atomic E-state index is 11.9. The van der Waals surface area contributed by atoms with Gasteiger partial charge in [0.05, 0.1) is 6.54 Å². The van der Waals surface area contributed by atoms with E-state index in [1.807, 2.05) is 48.5 Å². The molecule has 0 radical (unpaired) electrons. The lowest BCUT2D eigenvalue weighted by Crippen LogP contribution is -2.28. The molecule has 3 aromatic rings. The monoisotopic (exact) mass is 291 g/mol. The van der Waals surface area contributed by atoms with Crippen LogP contribution in [-0.4, -0.2) is 19.1 Å². The molecule has 0 heterocycles. The molecule has 0 atom stereocenters. The van der Waals surface area contributed by atoms with Crippen LogP contribution in [0, 0.1) is 0 Å². The van der Waals surface area contributed by atoms with Gasteiger partial charge in [-0.05, 0) is 23.6 Å². The lowest BCUT2D eigenvalue weighted by atomic mass is 10.1. The molecular formula is C19H17NO2. The van der Waals surface area contributed by atoms with Crippen molar-refractivity contribution in [3.05, 3.63) is 78.4 Å². The third kappa shape index (κ3) is 3.26. The maximum absolute atomic E-state index is 11.9. The number of hydrogen-bond acceptors (Lipinski definition) is 2. The summed E-state index contributed by atoms with van der Waals surface area (Å²) in [6.07, 6.45) is 0. The van der Waals surface area contributed by atoms with E-state index in [-0.39, 0.29) is 5.91 Å². The highest BCUT2D eigenvalue weighted by Gasteiger charge is 2.04. The Kier molecular flexibility index (Phi) is 4.35. The van der Waals surface area contributed by atoms with Gasteiger partial charge in [-0.25, -0.2) is 0 Å². The van der Waals surface area contributed by atoms with Gasteiger partial charge in [0.1, 0.15) is 12.4 Å². The predicted molar refractivity (Wildman–Crippen MR) is 88.2 cm³/mol. The average molecular weight is 291 g/mol. The van der Waals surface area contributed by atoms with E-state index >= 15 is 0 Å². The Morgan fingerprint density at radius 2 is 1.59 bits per heavy atom. The second kappa shape index (κ2) is 6.76. The number of carbonyl (C=O) groups excluding carboxylic acids is 1. The van der Waals surface area contributed by atoms with Crippen LogP contribution < -0.4 is 10.1 Å². The highest BCUT2D eigenvalue weighted by molar-refractivity contribution is 5.94. The molecule has 22 heavy (non-hydrogen) atoms. The summed E-state index contributed by atoms with van der Waals surface area (Å²) < 4.78 is 5.79. The summed E-state index contributed by atoms with van der Waals surface area (Å²) in [5.41, 5.74) is 0.660. The molecular weight excluding hydrogens is 274 g/mol. The molecule has 0 aliphatic carbocycles. The first-order valence-corrected chi connectivity index (χ1v) is 7.28. The average Bonchev–Trinajstić information content (AvgIpc) is 2.59. The van der Waals surface area contributed by atoms with E-state index in [0.29, 0.717) is 18.7 Å². The van der Waals surface area contributed by atoms with E-state index in [1.165, 1.54) is 0 Å². The van der Waals surface area contributed by atoms with E-state index < -0.39 is 0 Å². The van der Waals surface area contributed by atoms with Gasteiger partial charge in [-0.15, -0.1) is 0 Å². The Morgan fingerprint density at radius 1 is 0.864 bits per heavy atom. The van der Waals surface area contributed by atoms with Crippen LogP contribution in [0.1, 0.15) is 10.4 Å². The minimum Gasteiger partial charge on any atom is -0.491 e. The van der Waals surface area contributed by atoms with Crippen LogP contribution in [0.5, 0.6) is 5.75 Å². The number of ether oxygens (including phenoxy) is 1. The quantitative estimate of drug-likeness (QED) is 0.729. The van der Waals surface area contributed by atoms with Crippen LogP contribution in [0.25, 0.3) is 10.8 Å². The molecule has 3 heteroatoms. The van der Waals surface area contributed by atoms with Gasteiger partial charge in [0.2, 0.25) is 0 Å². The van der Waals surface area contributed by atoms with Crippen molar-refractivity contribution in [2.24, 2.45) is 0 Å². The van der Waals surface area contributed by atoms with Crippen LogP contribution in [-0.2, 0) is 0 Å². The van der Waals surface area contributed by atoms with Crippen molar-refractivity contribution in [2.45, 2.75) is 0 Å². The molecule has 0 aliphatic rings. The normalized spacial score (nSPS) is 10.4. The van der Waals surface area contributed by atoms with Crippen molar-refractivity contribution in [1.29, 1.82) is 0 Å². The second-order valence-corrected chi connectivity index (χ2v) is 4.95. The number of carbonyl (C=O) groups is 1. The molecule has 0 fully saturated rings. The Balaban J connectivity index is 1.56. The van der Waals surface area contributed by atoms with E-state index in [0.717, 1.165) is 16.5 Å². The third-order valence-corrected chi connectivity index (χ3v) is 3.43. The molecule has 1 amide bonds. The summed E-state index contributed by atoms with van der Waals surface area (Å²) in [7, 11) is 0. The second-order valence-electron chi connectivity index (χ2n) is 4.95. The highest BCUT2D eigenvalue weighted by atomic mass is 16.5. The third-order valence-electron chi connectivity index (χ3n) is 3.43. The van der Waals surface area contributed by atoms with E-state index in [4.69, 9.17) is 4.74 Å². The fourth-order valence-electron chi connectivity index (χ4n) is 2.34. The minimum atomic E-state index is -0.0814. The summed E-state index contributed by atoms with van der Waals surface area (Å²) in [4.78, 5) is 11.9. The molecule has 1 N–H and O–H groups in total. The summed E-state index contributed by atoms with van der Waals surface area (Å²) in [5.74, 6) is 0.758. The van der Waals surface area contributed by atoms with Crippen LogP contribution >= 0.6 is 0 Å². The zero-order valence-corrected chi connectivity index (χ0v) is 12.2. The van der Waals surface area contributed by atoms with Gasteiger partial charge in [-0.2, -0.15) is 0 Å². The smallest absolute Gasteiger partial charge is 0.251 e.